The molecular weight excluding hydrogens is 378 g/mol. The highest BCUT2D eigenvalue weighted by Crippen LogP contribution is 2.34. The van der Waals surface area contributed by atoms with Crippen LogP contribution in [0.15, 0.2) is 48.8 Å². The van der Waals surface area contributed by atoms with Crippen molar-refractivity contribution in [2.45, 2.75) is 6.18 Å². The summed E-state index contributed by atoms with van der Waals surface area (Å²) in [6, 6.07) is 8.31. The molecule has 0 spiro atoms. The number of aromatic nitrogens is 3. The van der Waals surface area contributed by atoms with Crippen molar-refractivity contribution >= 4 is 29.1 Å². The summed E-state index contributed by atoms with van der Waals surface area (Å²) in [6.07, 6.45) is -2.57. The Hall–Kier alpha value is -2.38. The molecule has 0 bridgehead atoms. The number of carbonyl (C=O) groups excluding carboxylic acids is 1. The van der Waals surface area contributed by atoms with E-state index in [-0.39, 0.29) is 16.4 Å². The van der Waals surface area contributed by atoms with Crippen LogP contribution in [0.4, 0.5) is 13.2 Å². The van der Waals surface area contributed by atoms with Gasteiger partial charge in [-0.05, 0) is 36.4 Å². The monoisotopic (exact) mass is 385 g/mol. The van der Waals surface area contributed by atoms with Gasteiger partial charge in [-0.2, -0.15) is 23.0 Å². The minimum absolute atomic E-state index is 0.0227. The normalized spacial score (nSPS) is 11.6. The summed E-state index contributed by atoms with van der Waals surface area (Å²) >= 11 is 11.7. The molecule has 0 unspecified atom stereocenters. The Kier molecular flexibility index (Phi) is 4.53. The second-order valence-corrected chi connectivity index (χ2v) is 5.84. The first-order valence-electron chi connectivity index (χ1n) is 6.85. The molecule has 0 aliphatic rings. The van der Waals surface area contributed by atoms with Crippen LogP contribution in [0.1, 0.15) is 15.9 Å². The molecule has 0 fully saturated rings. The molecule has 0 atom stereocenters. The maximum atomic E-state index is 12.7. The van der Waals surface area contributed by atoms with Crippen molar-refractivity contribution in [1.82, 2.24) is 14.8 Å². The fourth-order valence-electron chi connectivity index (χ4n) is 2.14. The molecule has 1 aromatic carbocycles. The Bertz CT molecular complexity index is 937. The maximum Gasteiger partial charge on any atom is 0.417 e. The van der Waals surface area contributed by atoms with Crippen molar-refractivity contribution in [2.24, 2.45) is 0 Å². The zero-order valence-electron chi connectivity index (χ0n) is 12.3. The van der Waals surface area contributed by atoms with Gasteiger partial charge in [0.25, 0.3) is 5.91 Å². The van der Waals surface area contributed by atoms with E-state index in [2.05, 4.69) is 10.1 Å². The molecule has 0 aliphatic heterocycles. The minimum Gasteiger partial charge on any atom is -0.267 e. The maximum absolute atomic E-state index is 12.7. The summed E-state index contributed by atoms with van der Waals surface area (Å²) in [5.74, 6) is -0.491. The first-order chi connectivity index (χ1) is 11.8. The van der Waals surface area contributed by atoms with E-state index in [1.165, 1.54) is 24.4 Å². The Labute approximate surface area is 149 Å². The molecule has 0 saturated carbocycles. The number of rotatable bonds is 2. The molecule has 2 aromatic heterocycles. The highest BCUT2D eigenvalue weighted by Gasteiger charge is 2.32. The van der Waals surface area contributed by atoms with Gasteiger partial charge in [-0.25, -0.2) is 0 Å². The van der Waals surface area contributed by atoms with Crippen LogP contribution in [0.2, 0.25) is 10.0 Å². The predicted molar refractivity (Wildman–Crippen MR) is 86.7 cm³/mol. The number of carbonyl (C=O) groups is 1. The molecule has 2 heterocycles. The van der Waals surface area contributed by atoms with Gasteiger partial charge in [0.2, 0.25) is 0 Å². The average molecular weight is 386 g/mol. The summed E-state index contributed by atoms with van der Waals surface area (Å²) in [5, 5.41) is 4.14. The van der Waals surface area contributed by atoms with Crippen molar-refractivity contribution in [1.29, 1.82) is 0 Å². The van der Waals surface area contributed by atoms with Crippen LogP contribution >= 0.6 is 23.2 Å². The van der Waals surface area contributed by atoms with Gasteiger partial charge in [0.05, 0.1) is 22.5 Å². The van der Waals surface area contributed by atoms with Crippen molar-refractivity contribution in [3.05, 3.63) is 70.0 Å². The second kappa shape index (κ2) is 6.50. The van der Waals surface area contributed by atoms with Crippen LogP contribution in [0.3, 0.4) is 0 Å². The molecule has 0 radical (unpaired) electrons. The van der Waals surface area contributed by atoms with E-state index in [1.807, 2.05) is 0 Å². The number of hydrogen-bond donors (Lipinski definition) is 0. The Balaban J connectivity index is 2.02. The molecule has 3 rings (SSSR count). The minimum atomic E-state index is -4.56. The molecule has 9 heteroatoms. The first kappa shape index (κ1) is 17.4. The Morgan fingerprint density at radius 2 is 1.76 bits per heavy atom. The summed E-state index contributed by atoms with van der Waals surface area (Å²) in [4.78, 5) is 16.3. The van der Waals surface area contributed by atoms with Gasteiger partial charge in [0.15, 0.2) is 0 Å². The number of nitrogens with zero attached hydrogens (tertiary/aromatic N) is 3. The lowest BCUT2D eigenvalue weighted by atomic mass is 10.2. The molecule has 0 saturated heterocycles. The quantitative estimate of drug-likeness (QED) is 0.626. The van der Waals surface area contributed by atoms with Crippen LogP contribution in [0.5, 0.6) is 0 Å². The van der Waals surface area contributed by atoms with Crippen molar-refractivity contribution < 1.29 is 18.0 Å². The fraction of sp³-hybridized carbons (Fsp3) is 0.0625. The van der Waals surface area contributed by atoms with Crippen molar-refractivity contribution in [3.8, 4) is 11.4 Å². The van der Waals surface area contributed by atoms with E-state index < -0.39 is 17.6 Å². The van der Waals surface area contributed by atoms with E-state index in [0.717, 1.165) is 10.7 Å². The second-order valence-electron chi connectivity index (χ2n) is 4.99. The van der Waals surface area contributed by atoms with E-state index in [9.17, 15) is 18.0 Å². The number of alkyl halides is 3. The summed E-state index contributed by atoms with van der Waals surface area (Å²) < 4.78 is 39.2. The molecular formula is C16H8Cl2F3N3O. The topological polar surface area (TPSA) is 47.8 Å². The van der Waals surface area contributed by atoms with Crippen LogP contribution in [0, 0.1) is 0 Å². The molecule has 128 valence electrons. The third kappa shape index (κ3) is 3.52. The molecule has 25 heavy (non-hydrogen) atoms. The Morgan fingerprint density at radius 1 is 1.08 bits per heavy atom. The first-order valence-corrected chi connectivity index (χ1v) is 7.60. The molecule has 0 aliphatic carbocycles. The smallest absolute Gasteiger partial charge is 0.267 e. The van der Waals surface area contributed by atoms with Crippen LogP contribution in [-0.4, -0.2) is 20.7 Å². The van der Waals surface area contributed by atoms with Crippen LogP contribution in [-0.2, 0) is 6.18 Å². The lowest BCUT2D eigenvalue weighted by Crippen LogP contribution is -2.15. The summed E-state index contributed by atoms with van der Waals surface area (Å²) in [6.45, 7) is 0. The number of hydrogen-bond acceptors (Lipinski definition) is 3. The zero-order valence-corrected chi connectivity index (χ0v) is 13.8. The standard InChI is InChI=1S/C16H8Cl2F3N3O/c17-11-3-1-9(2-4-11)15(25)24-13(5-6-23-24)14-12(18)7-10(8-22-14)16(19,20)21/h1-8H. The van der Waals surface area contributed by atoms with Gasteiger partial charge in [0, 0.05) is 16.8 Å². The summed E-state index contributed by atoms with van der Waals surface area (Å²) in [5.41, 5.74) is -0.470. The zero-order chi connectivity index (χ0) is 18.2. The van der Waals surface area contributed by atoms with E-state index in [0.29, 0.717) is 16.8 Å². The summed E-state index contributed by atoms with van der Waals surface area (Å²) in [7, 11) is 0. The molecule has 4 nitrogen and oxygen atoms in total. The predicted octanol–water partition coefficient (Wildman–Crippen LogP) is 4.96. The largest absolute Gasteiger partial charge is 0.417 e. The SMILES string of the molecule is O=C(c1ccc(Cl)cc1)n1nccc1-c1ncc(C(F)(F)F)cc1Cl. The van der Waals surface area contributed by atoms with E-state index >= 15 is 0 Å². The highest BCUT2D eigenvalue weighted by molar-refractivity contribution is 6.33. The number of benzene rings is 1. The molecule has 3 aromatic rings. The lowest BCUT2D eigenvalue weighted by Gasteiger charge is -2.10. The van der Waals surface area contributed by atoms with Gasteiger partial charge >= 0.3 is 6.18 Å². The van der Waals surface area contributed by atoms with Gasteiger partial charge in [-0.1, -0.05) is 23.2 Å². The van der Waals surface area contributed by atoms with Gasteiger partial charge in [-0.3, -0.25) is 9.78 Å². The number of halogens is 5. The van der Waals surface area contributed by atoms with Gasteiger partial charge in [0.1, 0.15) is 5.69 Å². The lowest BCUT2D eigenvalue weighted by molar-refractivity contribution is -0.137. The van der Waals surface area contributed by atoms with Crippen molar-refractivity contribution in [3.63, 3.8) is 0 Å². The van der Waals surface area contributed by atoms with E-state index in [4.69, 9.17) is 23.2 Å². The molecule has 0 amide bonds. The average Bonchev–Trinajstić information content (AvgIpc) is 3.03. The van der Waals surface area contributed by atoms with Crippen molar-refractivity contribution in [2.75, 3.05) is 0 Å². The van der Waals surface area contributed by atoms with E-state index in [1.54, 1.807) is 12.1 Å². The van der Waals surface area contributed by atoms with Gasteiger partial charge < -0.3 is 0 Å². The third-order valence-corrected chi connectivity index (χ3v) is 3.88. The van der Waals surface area contributed by atoms with Crippen LogP contribution < -0.4 is 0 Å². The van der Waals surface area contributed by atoms with Gasteiger partial charge in [-0.15, -0.1) is 0 Å². The number of pyridine rings is 1. The highest BCUT2D eigenvalue weighted by atomic mass is 35.5. The fourth-order valence-corrected chi connectivity index (χ4v) is 2.53. The third-order valence-electron chi connectivity index (χ3n) is 3.34. The van der Waals surface area contributed by atoms with Crippen LogP contribution in [0.25, 0.3) is 11.4 Å². The molecule has 0 N–H and O–H groups in total. The Morgan fingerprint density at radius 3 is 2.36 bits per heavy atom.